The Morgan fingerprint density at radius 3 is 2.67 bits per heavy atom. The van der Waals surface area contributed by atoms with Gasteiger partial charge < -0.3 is 10.1 Å². The van der Waals surface area contributed by atoms with Crippen molar-refractivity contribution in [3.05, 3.63) is 53.3 Å². The van der Waals surface area contributed by atoms with Crippen molar-refractivity contribution in [1.82, 2.24) is 4.98 Å². The predicted molar refractivity (Wildman–Crippen MR) is 74.0 cm³/mol. The van der Waals surface area contributed by atoms with E-state index < -0.39 is 0 Å². The van der Waals surface area contributed by atoms with E-state index in [1.54, 1.807) is 7.11 Å². The fourth-order valence-electron chi connectivity index (χ4n) is 1.91. The number of ether oxygens (including phenoxy) is 1. The summed E-state index contributed by atoms with van der Waals surface area (Å²) >= 11 is 0. The molecule has 3 heteroatoms. The average Bonchev–Trinajstić information content (AvgIpc) is 2.37. The molecule has 0 unspecified atom stereocenters. The Morgan fingerprint density at radius 1 is 1.17 bits per heavy atom. The number of aryl methyl sites for hydroxylation is 2. The summed E-state index contributed by atoms with van der Waals surface area (Å²) in [5, 5.41) is 3.36. The maximum Gasteiger partial charge on any atom is 0.121 e. The van der Waals surface area contributed by atoms with Crippen molar-refractivity contribution in [1.29, 1.82) is 0 Å². The molecule has 1 aromatic heterocycles. The van der Waals surface area contributed by atoms with Gasteiger partial charge in [0.05, 0.1) is 12.8 Å². The first-order chi connectivity index (χ1) is 8.69. The molecule has 2 aromatic rings. The van der Waals surface area contributed by atoms with Crippen molar-refractivity contribution >= 4 is 5.69 Å². The third-order valence-electron chi connectivity index (χ3n) is 2.83. The number of benzene rings is 1. The summed E-state index contributed by atoms with van der Waals surface area (Å²) in [6.07, 6.45) is 3.69. The molecule has 0 radical (unpaired) electrons. The average molecular weight is 242 g/mol. The van der Waals surface area contributed by atoms with E-state index in [1.165, 1.54) is 5.56 Å². The number of hydrogen-bond donors (Lipinski definition) is 1. The third kappa shape index (κ3) is 3.00. The van der Waals surface area contributed by atoms with Gasteiger partial charge in [0.2, 0.25) is 0 Å². The summed E-state index contributed by atoms with van der Waals surface area (Å²) in [4.78, 5) is 4.16. The summed E-state index contributed by atoms with van der Waals surface area (Å²) in [5.74, 6) is 0.927. The zero-order valence-corrected chi connectivity index (χ0v) is 11.0. The Morgan fingerprint density at radius 2 is 2.00 bits per heavy atom. The molecule has 1 N–H and O–H groups in total. The van der Waals surface area contributed by atoms with Crippen molar-refractivity contribution in [3.63, 3.8) is 0 Å². The molecule has 94 valence electrons. The summed E-state index contributed by atoms with van der Waals surface area (Å²) in [6, 6.07) is 8.29. The van der Waals surface area contributed by atoms with E-state index in [2.05, 4.69) is 35.4 Å². The van der Waals surface area contributed by atoms with Crippen LogP contribution in [0.3, 0.4) is 0 Å². The minimum Gasteiger partial charge on any atom is -0.496 e. The van der Waals surface area contributed by atoms with Crippen LogP contribution in [-0.2, 0) is 6.54 Å². The fraction of sp³-hybridized carbons (Fsp3) is 0.267. The van der Waals surface area contributed by atoms with Crippen LogP contribution < -0.4 is 10.1 Å². The molecular weight excluding hydrogens is 224 g/mol. The molecule has 1 aromatic carbocycles. The van der Waals surface area contributed by atoms with Gasteiger partial charge in [-0.2, -0.15) is 0 Å². The highest BCUT2D eigenvalue weighted by Gasteiger charge is 2.00. The molecule has 0 saturated heterocycles. The van der Waals surface area contributed by atoms with Crippen molar-refractivity contribution in [2.45, 2.75) is 20.4 Å². The summed E-state index contributed by atoms with van der Waals surface area (Å²) in [5.41, 5.74) is 4.59. The summed E-state index contributed by atoms with van der Waals surface area (Å²) in [7, 11) is 1.69. The SMILES string of the molecule is COc1ccc(CNc2cncc(C)c2)cc1C. The molecule has 0 fully saturated rings. The van der Waals surface area contributed by atoms with Crippen LogP contribution in [0.25, 0.3) is 0 Å². The molecule has 18 heavy (non-hydrogen) atoms. The molecule has 0 bridgehead atoms. The van der Waals surface area contributed by atoms with Crippen LogP contribution in [0.5, 0.6) is 5.75 Å². The maximum absolute atomic E-state index is 5.25. The van der Waals surface area contributed by atoms with Crippen molar-refractivity contribution in [2.75, 3.05) is 12.4 Å². The Hall–Kier alpha value is -2.03. The van der Waals surface area contributed by atoms with Crippen molar-refractivity contribution in [3.8, 4) is 5.75 Å². The van der Waals surface area contributed by atoms with Gasteiger partial charge in [-0.1, -0.05) is 12.1 Å². The van der Waals surface area contributed by atoms with Gasteiger partial charge >= 0.3 is 0 Å². The summed E-state index contributed by atoms with van der Waals surface area (Å²) in [6.45, 7) is 4.88. The smallest absolute Gasteiger partial charge is 0.121 e. The standard InChI is InChI=1S/C15H18N2O/c1-11-6-14(10-16-8-11)17-9-13-4-5-15(18-3)12(2)7-13/h4-8,10,17H,9H2,1-3H3. The quantitative estimate of drug-likeness (QED) is 0.893. The Bertz CT molecular complexity index is 538. The van der Waals surface area contributed by atoms with Gasteiger partial charge in [-0.15, -0.1) is 0 Å². The number of aromatic nitrogens is 1. The van der Waals surface area contributed by atoms with E-state index in [0.29, 0.717) is 0 Å². The highest BCUT2D eigenvalue weighted by atomic mass is 16.5. The lowest BCUT2D eigenvalue weighted by Crippen LogP contribution is -2.00. The molecular formula is C15H18N2O. The van der Waals surface area contributed by atoms with E-state index in [9.17, 15) is 0 Å². The Kier molecular flexibility index (Phi) is 3.82. The molecule has 3 nitrogen and oxygen atoms in total. The molecule has 0 aliphatic rings. The largest absolute Gasteiger partial charge is 0.496 e. The zero-order chi connectivity index (χ0) is 13.0. The number of anilines is 1. The van der Waals surface area contributed by atoms with Gasteiger partial charge in [-0.25, -0.2) is 0 Å². The van der Waals surface area contributed by atoms with Gasteiger partial charge in [-0.05, 0) is 42.7 Å². The monoisotopic (exact) mass is 242 g/mol. The van der Waals surface area contributed by atoms with Gasteiger partial charge in [0.1, 0.15) is 5.75 Å². The molecule has 0 spiro atoms. The highest BCUT2D eigenvalue weighted by molar-refractivity contribution is 5.44. The van der Waals surface area contributed by atoms with Crippen molar-refractivity contribution in [2.24, 2.45) is 0 Å². The zero-order valence-electron chi connectivity index (χ0n) is 11.0. The van der Waals surface area contributed by atoms with Crippen LogP contribution in [0.4, 0.5) is 5.69 Å². The van der Waals surface area contributed by atoms with Crippen LogP contribution in [0, 0.1) is 13.8 Å². The molecule has 0 atom stereocenters. The normalized spacial score (nSPS) is 10.2. The van der Waals surface area contributed by atoms with Crippen LogP contribution in [-0.4, -0.2) is 12.1 Å². The topological polar surface area (TPSA) is 34.1 Å². The summed E-state index contributed by atoms with van der Waals surface area (Å²) < 4.78 is 5.25. The number of pyridine rings is 1. The second-order valence-electron chi connectivity index (χ2n) is 4.41. The first-order valence-electron chi connectivity index (χ1n) is 5.98. The number of methoxy groups -OCH3 is 1. The van der Waals surface area contributed by atoms with E-state index in [1.807, 2.05) is 25.4 Å². The van der Waals surface area contributed by atoms with E-state index in [0.717, 1.165) is 29.1 Å². The van der Waals surface area contributed by atoms with Gasteiger partial charge in [0.15, 0.2) is 0 Å². The minimum atomic E-state index is 0.788. The fourth-order valence-corrected chi connectivity index (χ4v) is 1.91. The lowest BCUT2D eigenvalue weighted by Gasteiger charge is -2.09. The number of nitrogens with zero attached hydrogens (tertiary/aromatic N) is 1. The predicted octanol–water partition coefficient (Wildman–Crippen LogP) is 3.32. The van der Waals surface area contributed by atoms with Crippen LogP contribution in [0.2, 0.25) is 0 Å². The van der Waals surface area contributed by atoms with E-state index in [4.69, 9.17) is 4.74 Å². The first kappa shape index (κ1) is 12.4. The molecule has 0 amide bonds. The number of rotatable bonds is 4. The first-order valence-corrected chi connectivity index (χ1v) is 5.98. The Balaban J connectivity index is 2.04. The van der Waals surface area contributed by atoms with Crippen LogP contribution >= 0.6 is 0 Å². The van der Waals surface area contributed by atoms with Gasteiger partial charge in [0.25, 0.3) is 0 Å². The lowest BCUT2D eigenvalue weighted by molar-refractivity contribution is 0.411. The molecule has 2 rings (SSSR count). The maximum atomic E-state index is 5.25. The molecule has 0 aliphatic heterocycles. The third-order valence-corrected chi connectivity index (χ3v) is 2.83. The van der Waals surface area contributed by atoms with Crippen molar-refractivity contribution < 1.29 is 4.74 Å². The minimum absolute atomic E-state index is 0.788. The van der Waals surface area contributed by atoms with Crippen LogP contribution in [0.15, 0.2) is 36.7 Å². The Labute approximate surface area is 108 Å². The second-order valence-corrected chi connectivity index (χ2v) is 4.41. The van der Waals surface area contributed by atoms with Gasteiger partial charge in [0, 0.05) is 18.9 Å². The lowest BCUT2D eigenvalue weighted by atomic mass is 10.1. The van der Waals surface area contributed by atoms with E-state index >= 15 is 0 Å². The second kappa shape index (κ2) is 5.54. The van der Waals surface area contributed by atoms with Crippen LogP contribution in [0.1, 0.15) is 16.7 Å². The van der Waals surface area contributed by atoms with Gasteiger partial charge in [-0.3, -0.25) is 4.98 Å². The number of hydrogen-bond acceptors (Lipinski definition) is 3. The van der Waals surface area contributed by atoms with E-state index in [-0.39, 0.29) is 0 Å². The molecule has 1 heterocycles. The number of nitrogens with one attached hydrogen (secondary N) is 1. The molecule has 0 aliphatic carbocycles. The molecule has 0 saturated carbocycles. The highest BCUT2D eigenvalue weighted by Crippen LogP contribution is 2.19.